The highest BCUT2D eigenvalue weighted by Gasteiger charge is 2.44. The van der Waals surface area contributed by atoms with Gasteiger partial charge in [0.15, 0.2) is 6.23 Å². The maximum Gasteiger partial charge on any atom is 0.327 e. The number of H-pyrrole nitrogens is 2. The number of hydrogen-bond donors (Lipinski definition) is 6. The predicted molar refractivity (Wildman–Crippen MR) is 83.7 cm³/mol. The van der Waals surface area contributed by atoms with Crippen molar-refractivity contribution in [2.24, 2.45) is 0 Å². The van der Waals surface area contributed by atoms with Crippen molar-refractivity contribution in [3.63, 3.8) is 0 Å². The molecule has 12 nitrogen and oxygen atoms in total. The van der Waals surface area contributed by atoms with Crippen molar-refractivity contribution in [2.75, 3.05) is 12.3 Å². The molecule has 0 aliphatic carbocycles. The molecule has 0 spiro atoms. The van der Waals surface area contributed by atoms with E-state index in [9.17, 15) is 24.9 Å². The number of nitrogen functional groups attached to an aromatic ring is 1. The quantitative estimate of drug-likeness (QED) is 0.282. The third-order valence-electron chi connectivity index (χ3n) is 4.27. The van der Waals surface area contributed by atoms with Crippen molar-refractivity contribution in [3.05, 3.63) is 27.2 Å². The monoisotopic (exact) mass is 350 g/mol. The van der Waals surface area contributed by atoms with Crippen molar-refractivity contribution in [1.82, 2.24) is 24.5 Å². The summed E-state index contributed by atoms with van der Waals surface area (Å²) in [7, 11) is 0. The molecule has 1 aliphatic heterocycles. The van der Waals surface area contributed by atoms with E-state index in [4.69, 9.17) is 10.5 Å². The lowest BCUT2D eigenvalue weighted by molar-refractivity contribution is -0.0492. The summed E-state index contributed by atoms with van der Waals surface area (Å²) >= 11 is 0. The van der Waals surface area contributed by atoms with Crippen LogP contribution in [0.5, 0.6) is 0 Å². The smallest absolute Gasteiger partial charge is 0.327 e. The van der Waals surface area contributed by atoms with Crippen molar-refractivity contribution < 1.29 is 20.1 Å². The van der Waals surface area contributed by atoms with Crippen LogP contribution in [0.3, 0.4) is 0 Å². The number of aromatic nitrogens is 5. The molecule has 132 valence electrons. The zero-order chi connectivity index (χ0) is 17.9. The van der Waals surface area contributed by atoms with E-state index >= 15 is 0 Å². The highest BCUT2D eigenvalue weighted by molar-refractivity contribution is 6.09. The van der Waals surface area contributed by atoms with Gasteiger partial charge >= 0.3 is 5.69 Å². The number of nitrogens with zero attached hydrogens (tertiary/aromatic N) is 3. The van der Waals surface area contributed by atoms with Gasteiger partial charge in [0.05, 0.1) is 17.4 Å². The topological polar surface area (TPSA) is 192 Å². The summed E-state index contributed by atoms with van der Waals surface area (Å²) in [4.78, 5) is 36.4. The average molecular weight is 350 g/mol. The minimum Gasteiger partial charge on any atom is -0.394 e. The van der Waals surface area contributed by atoms with Crippen LogP contribution in [0, 0.1) is 0 Å². The molecule has 3 aromatic rings. The van der Waals surface area contributed by atoms with Crippen LogP contribution in [0.1, 0.15) is 6.23 Å². The Labute approximate surface area is 137 Å². The Bertz CT molecular complexity index is 1090. The second-order valence-electron chi connectivity index (χ2n) is 5.69. The number of fused-ring (bicyclic) bond motifs is 3. The zero-order valence-electron chi connectivity index (χ0n) is 12.6. The summed E-state index contributed by atoms with van der Waals surface area (Å²) in [5.41, 5.74) is 4.50. The number of aliphatic hydroxyl groups excluding tert-OH is 3. The molecule has 7 N–H and O–H groups in total. The van der Waals surface area contributed by atoms with Crippen LogP contribution in [0.25, 0.3) is 22.1 Å². The molecule has 25 heavy (non-hydrogen) atoms. The molecule has 1 fully saturated rings. The predicted octanol–water partition coefficient (Wildman–Crippen LogP) is -2.85. The van der Waals surface area contributed by atoms with Crippen molar-refractivity contribution >= 4 is 27.9 Å². The third kappa shape index (κ3) is 2.09. The van der Waals surface area contributed by atoms with Crippen molar-refractivity contribution in [2.45, 2.75) is 24.5 Å². The van der Waals surface area contributed by atoms with Gasteiger partial charge in [0.25, 0.3) is 5.56 Å². The van der Waals surface area contributed by atoms with Gasteiger partial charge in [-0.3, -0.25) is 19.3 Å². The van der Waals surface area contributed by atoms with Gasteiger partial charge < -0.3 is 25.8 Å². The maximum atomic E-state index is 12.3. The Balaban J connectivity index is 2.11. The third-order valence-corrected chi connectivity index (χ3v) is 4.27. The Morgan fingerprint density at radius 3 is 2.64 bits per heavy atom. The summed E-state index contributed by atoms with van der Waals surface area (Å²) < 4.78 is 6.75. The molecule has 3 aromatic heterocycles. The summed E-state index contributed by atoms with van der Waals surface area (Å²) in [6.45, 7) is -0.528. The van der Waals surface area contributed by atoms with Gasteiger partial charge in [0.1, 0.15) is 41.8 Å². The Morgan fingerprint density at radius 2 is 1.96 bits per heavy atom. The van der Waals surface area contributed by atoms with E-state index in [0.717, 1.165) is 6.33 Å². The lowest BCUT2D eigenvalue weighted by Gasteiger charge is -2.18. The minimum atomic E-state index is -1.44. The first-order chi connectivity index (χ1) is 11.9. The van der Waals surface area contributed by atoms with E-state index in [1.54, 1.807) is 0 Å². The second kappa shape index (κ2) is 5.35. The fourth-order valence-corrected chi connectivity index (χ4v) is 3.15. The van der Waals surface area contributed by atoms with E-state index < -0.39 is 42.4 Å². The molecule has 1 aliphatic rings. The van der Waals surface area contributed by atoms with Gasteiger partial charge in [0.2, 0.25) is 0 Å². The first-order valence-corrected chi connectivity index (χ1v) is 7.33. The highest BCUT2D eigenvalue weighted by Crippen LogP contribution is 2.36. The lowest BCUT2D eigenvalue weighted by atomic mass is 10.1. The van der Waals surface area contributed by atoms with Gasteiger partial charge in [-0.15, -0.1) is 0 Å². The Hall–Kier alpha value is -2.80. The fourth-order valence-electron chi connectivity index (χ4n) is 3.15. The summed E-state index contributed by atoms with van der Waals surface area (Å²) in [5.74, 6) is -0.00181. The summed E-state index contributed by atoms with van der Waals surface area (Å²) in [6.07, 6.45) is -3.90. The number of aromatic amines is 2. The first-order valence-electron chi connectivity index (χ1n) is 7.33. The zero-order valence-corrected chi connectivity index (χ0v) is 12.6. The molecule has 0 amide bonds. The minimum absolute atomic E-state index is 0.00181. The van der Waals surface area contributed by atoms with Gasteiger partial charge in [0, 0.05) is 0 Å². The van der Waals surface area contributed by atoms with Crippen LogP contribution in [0.2, 0.25) is 0 Å². The standard InChI is InChI=1S/C13H14N6O6/c14-8-4-5-10(17-13(24)18-11(5)23)19(9(4)16-2-15-8)12-7(22)6(21)3(1-20)25-12/h2-3,6-7,12,20-22H,1H2,(H2,14,15,16)(H2,17,18,23,24)/t3-,6+,7-,12+/m0/s1. The number of ether oxygens (including phenoxy) is 1. The van der Waals surface area contributed by atoms with Crippen LogP contribution >= 0.6 is 0 Å². The van der Waals surface area contributed by atoms with E-state index in [1.807, 2.05) is 0 Å². The molecular formula is C13H14N6O6. The van der Waals surface area contributed by atoms with E-state index in [-0.39, 0.29) is 27.9 Å². The molecule has 12 heteroatoms. The first kappa shape index (κ1) is 15.7. The molecule has 0 saturated carbocycles. The lowest BCUT2D eigenvalue weighted by Crippen LogP contribution is -2.33. The number of anilines is 1. The van der Waals surface area contributed by atoms with Gasteiger partial charge in [-0.2, -0.15) is 0 Å². The van der Waals surface area contributed by atoms with Crippen LogP contribution in [0.4, 0.5) is 5.82 Å². The number of aliphatic hydroxyl groups is 3. The van der Waals surface area contributed by atoms with Crippen LogP contribution in [-0.4, -0.2) is 64.7 Å². The normalized spacial score (nSPS) is 26.7. The van der Waals surface area contributed by atoms with Gasteiger partial charge in [-0.1, -0.05) is 0 Å². The van der Waals surface area contributed by atoms with Crippen LogP contribution in [-0.2, 0) is 4.74 Å². The Morgan fingerprint density at radius 1 is 1.20 bits per heavy atom. The SMILES string of the molecule is Nc1ncnc2c1c1c(=O)[nH]c(=O)[nH]c1n2[C@@H]1O[C@@H](CO)[C@@H](O)[C@@H]1O. The molecule has 4 atom stereocenters. The van der Waals surface area contributed by atoms with Crippen molar-refractivity contribution in [1.29, 1.82) is 0 Å². The van der Waals surface area contributed by atoms with Gasteiger partial charge in [-0.05, 0) is 0 Å². The van der Waals surface area contributed by atoms with E-state index in [2.05, 4.69) is 19.9 Å². The highest BCUT2D eigenvalue weighted by atomic mass is 16.6. The molecule has 1 saturated heterocycles. The number of hydrogen-bond acceptors (Lipinski definition) is 9. The molecule has 0 unspecified atom stereocenters. The molecule has 0 bridgehead atoms. The molecule has 0 aromatic carbocycles. The molecule has 4 rings (SSSR count). The van der Waals surface area contributed by atoms with Crippen LogP contribution in [0.15, 0.2) is 15.9 Å². The number of nitrogens with one attached hydrogen (secondary N) is 2. The number of nitrogens with two attached hydrogens (primary N) is 1. The van der Waals surface area contributed by atoms with Gasteiger partial charge in [-0.25, -0.2) is 14.8 Å². The molecule has 4 heterocycles. The van der Waals surface area contributed by atoms with E-state index in [0.29, 0.717) is 0 Å². The average Bonchev–Trinajstić information content (AvgIpc) is 3.04. The second-order valence-corrected chi connectivity index (χ2v) is 5.69. The van der Waals surface area contributed by atoms with E-state index in [1.165, 1.54) is 4.57 Å². The summed E-state index contributed by atoms with van der Waals surface area (Å²) in [6, 6.07) is 0. The fraction of sp³-hybridized carbons (Fsp3) is 0.385. The summed E-state index contributed by atoms with van der Waals surface area (Å²) in [5, 5.41) is 29.7. The Kier molecular flexibility index (Phi) is 3.36. The largest absolute Gasteiger partial charge is 0.394 e. The van der Waals surface area contributed by atoms with Crippen LogP contribution < -0.4 is 17.0 Å². The maximum absolute atomic E-state index is 12.3. The van der Waals surface area contributed by atoms with Crippen molar-refractivity contribution in [3.8, 4) is 0 Å². The molecule has 0 radical (unpaired) electrons. The number of rotatable bonds is 2. The molecular weight excluding hydrogens is 336 g/mol.